The van der Waals surface area contributed by atoms with Crippen LogP contribution in [-0.4, -0.2) is 0 Å². The van der Waals surface area contributed by atoms with Crippen LogP contribution in [0.15, 0.2) is 218 Å². The van der Waals surface area contributed by atoms with Gasteiger partial charge in [-0.05, 0) is 152 Å². The molecule has 0 aromatic heterocycles. The van der Waals surface area contributed by atoms with E-state index in [0.717, 1.165) is 0 Å². The Bertz CT molecular complexity index is 4300. The van der Waals surface area contributed by atoms with E-state index in [4.69, 9.17) is 0 Å². The molecule has 0 unspecified atom stereocenters. The summed E-state index contributed by atoms with van der Waals surface area (Å²) in [5.41, 5.74) is 10.1. The average molecular weight is 805 g/mol. The number of fused-ring (bicyclic) bond motifs is 10. The maximum atomic E-state index is 2.45. The fraction of sp³-hybridized carbons (Fsp3) is 0. The molecule has 0 saturated heterocycles. The summed E-state index contributed by atoms with van der Waals surface area (Å²) in [6, 6.07) is 82.1. The van der Waals surface area contributed by atoms with Crippen LogP contribution in [0.25, 0.3) is 152 Å². The Hall–Kier alpha value is -8.32. The van der Waals surface area contributed by atoms with Crippen LogP contribution in [0.4, 0.5) is 0 Å². The minimum absolute atomic E-state index is 1.23. The fourth-order valence-electron chi connectivity index (χ4n) is 12.3. The summed E-state index contributed by atoms with van der Waals surface area (Å²) < 4.78 is 0. The zero-order valence-electron chi connectivity index (χ0n) is 34.8. The van der Waals surface area contributed by atoms with Crippen molar-refractivity contribution in [2.45, 2.75) is 0 Å². The first-order valence-electron chi connectivity index (χ1n) is 22.4. The third-order valence-corrected chi connectivity index (χ3v) is 14.6. The first-order chi connectivity index (χ1) is 31.8. The lowest BCUT2D eigenvalue weighted by Crippen LogP contribution is -1.95. The molecule has 0 aliphatic rings. The summed E-state index contributed by atoms with van der Waals surface area (Å²) >= 11 is 0. The van der Waals surface area contributed by atoms with Gasteiger partial charge in [-0.25, -0.2) is 0 Å². The van der Waals surface area contributed by atoms with Crippen molar-refractivity contribution in [1.29, 1.82) is 0 Å². The molecule has 0 nitrogen and oxygen atoms in total. The van der Waals surface area contributed by atoms with Gasteiger partial charge >= 0.3 is 0 Å². The lowest BCUT2D eigenvalue weighted by molar-refractivity contribution is 1.64. The zero-order chi connectivity index (χ0) is 41.6. The predicted molar refractivity (Wildman–Crippen MR) is 277 cm³/mol. The van der Waals surface area contributed by atoms with E-state index in [1.165, 1.54) is 152 Å². The van der Waals surface area contributed by atoms with E-state index in [1.54, 1.807) is 0 Å². The van der Waals surface area contributed by atoms with Crippen LogP contribution in [-0.2, 0) is 0 Å². The molecule has 64 heavy (non-hydrogen) atoms. The van der Waals surface area contributed by atoms with E-state index in [9.17, 15) is 0 Å². The Morgan fingerprint density at radius 1 is 0.156 bits per heavy atom. The fourth-order valence-corrected chi connectivity index (χ4v) is 12.3. The largest absolute Gasteiger partial charge is 0.0622 e. The van der Waals surface area contributed by atoms with Gasteiger partial charge in [-0.3, -0.25) is 0 Å². The molecule has 0 bridgehead atoms. The van der Waals surface area contributed by atoms with E-state index >= 15 is 0 Å². The van der Waals surface area contributed by atoms with Gasteiger partial charge < -0.3 is 0 Å². The van der Waals surface area contributed by atoms with E-state index in [0.29, 0.717) is 0 Å². The Morgan fingerprint density at radius 3 is 0.891 bits per heavy atom. The lowest BCUT2D eigenvalue weighted by atomic mass is 9.79. The molecule has 0 spiro atoms. The molecular formula is C64H36. The van der Waals surface area contributed by atoms with Crippen LogP contribution in [0.1, 0.15) is 0 Å². The highest BCUT2D eigenvalue weighted by molar-refractivity contribution is 6.55. The molecule has 292 valence electrons. The van der Waals surface area contributed by atoms with E-state index in [-0.39, 0.29) is 0 Å². The van der Waals surface area contributed by atoms with Crippen LogP contribution in [0.5, 0.6) is 0 Å². The second-order valence-electron chi connectivity index (χ2n) is 17.7. The lowest BCUT2D eigenvalue weighted by Gasteiger charge is -2.23. The van der Waals surface area contributed by atoms with Gasteiger partial charge in [-0.15, -0.1) is 0 Å². The normalized spacial score (nSPS) is 12.4. The molecule has 0 heterocycles. The molecule has 0 amide bonds. The summed E-state index contributed by atoms with van der Waals surface area (Å²) in [5.74, 6) is 0. The second-order valence-corrected chi connectivity index (χ2v) is 17.7. The highest BCUT2D eigenvalue weighted by Crippen LogP contribution is 2.60. The molecule has 0 atom stereocenters. The number of rotatable bonds is 4. The zero-order valence-corrected chi connectivity index (χ0v) is 34.8. The molecule has 0 saturated carbocycles. The summed E-state index contributed by atoms with van der Waals surface area (Å²) in [6.45, 7) is 0. The molecule has 0 aliphatic heterocycles. The van der Waals surface area contributed by atoms with Crippen molar-refractivity contribution in [2.75, 3.05) is 0 Å². The first-order valence-corrected chi connectivity index (χ1v) is 22.4. The molecule has 0 radical (unpaired) electrons. The molecule has 0 heteroatoms. The maximum absolute atomic E-state index is 2.45. The monoisotopic (exact) mass is 804 g/mol. The van der Waals surface area contributed by atoms with Gasteiger partial charge in [0.05, 0.1) is 0 Å². The third-order valence-electron chi connectivity index (χ3n) is 14.6. The molecule has 0 N–H and O–H groups in total. The van der Waals surface area contributed by atoms with Crippen molar-refractivity contribution in [3.8, 4) is 44.5 Å². The van der Waals surface area contributed by atoms with Crippen molar-refractivity contribution in [3.05, 3.63) is 218 Å². The second kappa shape index (κ2) is 12.6. The predicted octanol–water partition coefficient (Wildman–Crippen LogP) is 18.2. The number of benzene rings is 13. The van der Waals surface area contributed by atoms with E-state index in [2.05, 4.69) is 218 Å². The summed E-state index contributed by atoms with van der Waals surface area (Å²) in [5, 5.41) is 26.5. The Morgan fingerprint density at radius 2 is 0.484 bits per heavy atom. The Kier molecular flexibility index (Phi) is 6.77. The van der Waals surface area contributed by atoms with E-state index in [1.807, 2.05) is 0 Å². The smallest absolute Gasteiger partial charge is 0.0000476 e. The Balaban J connectivity index is 1.34. The van der Waals surface area contributed by atoms with Gasteiger partial charge in [-0.1, -0.05) is 218 Å². The molecule has 0 fully saturated rings. The summed E-state index contributed by atoms with van der Waals surface area (Å²) in [7, 11) is 0. The highest BCUT2D eigenvalue weighted by atomic mass is 14.3. The first kappa shape index (κ1) is 34.3. The van der Waals surface area contributed by atoms with Crippen LogP contribution in [0, 0.1) is 0 Å². The SMILES string of the molecule is c1ccc(-c2ccc3c4c(-c5ccccc5)c5c(-c6ccccc6)c6c7cccc8cccc(c87)c6c6c7cccc8cccc(c87)c(c4c4ccc(-c7ccccc7)c2c34)c56)cc1. The average Bonchev–Trinajstić information content (AvgIpc) is 3.88. The minimum atomic E-state index is 1.23. The highest BCUT2D eigenvalue weighted by Gasteiger charge is 2.31. The van der Waals surface area contributed by atoms with Gasteiger partial charge in [0.2, 0.25) is 0 Å². The quantitative estimate of drug-likeness (QED) is 0.123. The molecular weight excluding hydrogens is 769 g/mol. The van der Waals surface area contributed by atoms with Crippen molar-refractivity contribution in [1.82, 2.24) is 0 Å². The van der Waals surface area contributed by atoms with Crippen LogP contribution in [0.3, 0.4) is 0 Å². The van der Waals surface area contributed by atoms with Gasteiger partial charge in [0.25, 0.3) is 0 Å². The topological polar surface area (TPSA) is 0 Å². The molecule has 0 aliphatic carbocycles. The molecule has 15 rings (SSSR count). The van der Waals surface area contributed by atoms with Crippen LogP contribution in [0.2, 0.25) is 0 Å². The van der Waals surface area contributed by atoms with Gasteiger partial charge in [0.1, 0.15) is 0 Å². The minimum Gasteiger partial charge on any atom is -0.0622 e. The molecule has 15 aromatic carbocycles. The number of hydrogen-bond donors (Lipinski definition) is 0. The van der Waals surface area contributed by atoms with Crippen LogP contribution < -0.4 is 0 Å². The van der Waals surface area contributed by atoms with Crippen LogP contribution >= 0.6 is 0 Å². The van der Waals surface area contributed by atoms with Crippen molar-refractivity contribution < 1.29 is 0 Å². The van der Waals surface area contributed by atoms with Gasteiger partial charge in [0.15, 0.2) is 0 Å². The van der Waals surface area contributed by atoms with Crippen molar-refractivity contribution >= 4 is 108 Å². The Labute approximate surface area is 368 Å². The summed E-state index contributed by atoms with van der Waals surface area (Å²) in [4.78, 5) is 0. The van der Waals surface area contributed by atoms with E-state index < -0.39 is 0 Å². The standard InChI is InChI=1S/C64H36/c1-5-17-37(18-6-1)43-33-35-49-56-50(36-34-44(55(43)56)38-19-7-2-8-20-38)60-58(49)54(42-23-11-4-12-24-42)63-53(41-21-9-3-10-22-41)57-45-29-13-25-39-26-14-30-46(51(39)45)59(57)61-47-31-15-27-40-28-16-32-48(52(40)47)62(60)64(61)63/h1-36H. The van der Waals surface area contributed by atoms with Crippen molar-refractivity contribution in [2.24, 2.45) is 0 Å². The summed E-state index contributed by atoms with van der Waals surface area (Å²) in [6.07, 6.45) is 0. The third kappa shape index (κ3) is 4.32. The maximum Gasteiger partial charge on any atom is -0.0000476 e. The van der Waals surface area contributed by atoms with Crippen molar-refractivity contribution in [3.63, 3.8) is 0 Å². The van der Waals surface area contributed by atoms with Gasteiger partial charge in [0, 0.05) is 0 Å². The molecule has 15 aromatic rings. The number of hydrogen-bond acceptors (Lipinski definition) is 0. The van der Waals surface area contributed by atoms with Gasteiger partial charge in [-0.2, -0.15) is 0 Å².